The summed E-state index contributed by atoms with van der Waals surface area (Å²) in [5.41, 5.74) is 0.531. The molecule has 1 amide bonds. The molecule has 1 atom stereocenters. The van der Waals surface area contributed by atoms with Crippen molar-refractivity contribution in [3.05, 3.63) is 30.1 Å². The van der Waals surface area contributed by atoms with E-state index >= 15 is 0 Å². The Bertz CT molecular complexity index is 397. The Morgan fingerprint density at radius 2 is 2.44 bits per heavy atom. The molecule has 0 aromatic heterocycles. The number of nitrogens with one attached hydrogen (secondary N) is 1. The zero-order valence-electron chi connectivity index (χ0n) is 8.94. The largest absolute Gasteiger partial charge is 0.443 e. The maximum atomic E-state index is 13.0. The maximum Gasteiger partial charge on any atom is 0.414 e. The molecule has 1 unspecified atom stereocenters. The predicted molar refractivity (Wildman–Crippen MR) is 57.9 cm³/mol. The molecule has 1 aromatic rings. The van der Waals surface area contributed by atoms with Crippen molar-refractivity contribution in [3.8, 4) is 0 Å². The number of carbonyl (C=O) groups is 1. The van der Waals surface area contributed by atoms with Crippen molar-refractivity contribution < 1.29 is 13.9 Å². The topological polar surface area (TPSA) is 41.6 Å². The van der Waals surface area contributed by atoms with Crippen molar-refractivity contribution >= 4 is 11.8 Å². The summed E-state index contributed by atoms with van der Waals surface area (Å²) in [5, 5.41) is 2.94. The number of anilines is 1. The van der Waals surface area contributed by atoms with Gasteiger partial charge in [0.1, 0.15) is 11.9 Å². The zero-order chi connectivity index (χ0) is 11.5. The van der Waals surface area contributed by atoms with Crippen LogP contribution in [0.1, 0.15) is 0 Å². The number of nitrogens with zero attached hydrogens (tertiary/aromatic N) is 1. The first-order chi connectivity index (χ1) is 7.70. The third-order valence-corrected chi connectivity index (χ3v) is 2.43. The average molecular weight is 224 g/mol. The maximum absolute atomic E-state index is 13.0. The van der Waals surface area contributed by atoms with E-state index in [0.29, 0.717) is 18.8 Å². The van der Waals surface area contributed by atoms with Gasteiger partial charge >= 0.3 is 6.09 Å². The lowest BCUT2D eigenvalue weighted by Crippen LogP contribution is -2.29. The fourth-order valence-corrected chi connectivity index (χ4v) is 1.71. The van der Waals surface area contributed by atoms with E-state index in [1.54, 1.807) is 19.2 Å². The first-order valence-electron chi connectivity index (χ1n) is 5.09. The third-order valence-electron chi connectivity index (χ3n) is 2.43. The summed E-state index contributed by atoms with van der Waals surface area (Å²) in [7, 11) is 1.79. The van der Waals surface area contributed by atoms with E-state index in [4.69, 9.17) is 4.74 Å². The average Bonchev–Trinajstić information content (AvgIpc) is 2.60. The summed E-state index contributed by atoms with van der Waals surface area (Å²) >= 11 is 0. The molecular weight excluding hydrogens is 211 g/mol. The Morgan fingerprint density at radius 1 is 1.62 bits per heavy atom. The number of halogens is 1. The molecule has 16 heavy (non-hydrogen) atoms. The highest BCUT2D eigenvalue weighted by Gasteiger charge is 2.31. The van der Waals surface area contributed by atoms with Crippen LogP contribution in [0, 0.1) is 5.82 Å². The minimum absolute atomic E-state index is 0.180. The van der Waals surface area contributed by atoms with Gasteiger partial charge in [-0.2, -0.15) is 0 Å². The van der Waals surface area contributed by atoms with Crippen molar-refractivity contribution in [1.82, 2.24) is 5.32 Å². The third kappa shape index (κ3) is 2.14. The molecule has 1 aromatic carbocycles. The van der Waals surface area contributed by atoms with Gasteiger partial charge in [0, 0.05) is 6.54 Å². The number of likely N-dealkylation sites (N-methyl/N-ethyl adjacent to an activating group) is 1. The standard InChI is InChI=1S/C11H13FN2O2/c1-13-6-10-7-14(11(15)16-10)9-4-2-3-8(12)5-9/h2-5,10,13H,6-7H2,1H3. The summed E-state index contributed by atoms with van der Waals surface area (Å²) < 4.78 is 18.1. The Hall–Kier alpha value is -1.62. The zero-order valence-corrected chi connectivity index (χ0v) is 8.94. The highest BCUT2D eigenvalue weighted by atomic mass is 19.1. The molecule has 1 heterocycles. The van der Waals surface area contributed by atoms with Crippen LogP contribution < -0.4 is 10.2 Å². The normalized spacial score (nSPS) is 20.0. The predicted octanol–water partition coefficient (Wildman–Crippen LogP) is 1.37. The highest BCUT2D eigenvalue weighted by molar-refractivity contribution is 5.89. The van der Waals surface area contributed by atoms with E-state index in [1.165, 1.54) is 17.0 Å². The van der Waals surface area contributed by atoms with E-state index < -0.39 is 6.09 Å². The Morgan fingerprint density at radius 3 is 3.12 bits per heavy atom. The van der Waals surface area contributed by atoms with Crippen molar-refractivity contribution in [1.29, 1.82) is 0 Å². The lowest BCUT2D eigenvalue weighted by molar-refractivity contribution is 0.141. The van der Waals surface area contributed by atoms with E-state index in [1.807, 2.05) is 0 Å². The van der Waals surface area contributed by atoms with Crippen molar-refractivity contribution in [2.45, 2.75) is 6.10 Å². The molecule has 0 bridgehead atoms. The monoisotopic (exact) mass is 224 g/mol. The smallest absolute Gasteiger partial charge is 0.414 e. The fourth-order valence-electron chi connectivity index (χ4n) is 1.71. The van der Waals surface area contributed by atoms with E-state index in [9.17, 15) is 9.18 Å². The number of hydrogen-bond acceptors (Lipinski definition) is 3. The number of carbonyl (C=O) groups excluding carboxylic acids is 1. The van der Waals surface area contributed by atoms with Gasteiger partial charge in [0.25, 0.3) is 0 Å². The van der Waals surface area contributed by atoms with E-state index in [2.05, 4.69) is 5.32 Å². The number of ether oxygens (including phenoxy) is 1. The van der Waals surface area contributed by atoms with Gasteiger partial charge in [-0.05, 0) is 25.2 Å². The van der Waals surface area contributed by atoms with Gasteiger partial charge in [0.05, 0.1) is 12.2 Å². The van der Waals surface area contributed by atoms with Gasteiger partial charge in [0.15, 0.2) is 0 Å². The number of amides is 1. The van der Waals surface area contributed by atoms with Crippen LogP contribution in [-0.4, -0.2) is 32.3 Å². The molecule has 1 fully saturated rings. The van der Waals surface area contributed by atoms with Crippen LogP contribution in [0.3, 0.4) is 0 Å². The molecule has 86 valence electrons. The summed E-state index contributed by atoms with van der Waals surface area (Å²) in [6, 6.07) is 5.93. The second-order valence-corrected chi connectivity index (χ2v) is 3.65. The molecule has 2 rings (SSSR count). The van der Waals surface area contributed by atoms with Crippen molar-refractivity contribution in [3.63, 3.8) is 0 Å². The molecule has 1 aliphatic rings. The molecule has 1 aliphatic heterocycles. The van der Waals surface area contributed by atoms with Crippen LogP contribution in [-0.2, 0) is 4.74 Å². The quantitative estimate of drug-likeness (QED) is 0.843. The SMILES string of the molecule is CNCC1CN(c2cccc(F)c2)C(=O)O1. The van der Waals surface area contributed by atoms with Gasteiger partial charge in [0.2, 0.25) is 0 Å². The number of hydrogen-bond donors (Lipinski definition) is 1. The van der Waals surface area contributed by atoms with E-state index in [-0.39, 0.29) is 11.9 Å². The van der Waals surface area contributed by atoms with Gasteiger partial charge in [-0.3, -0.25) is 4.90 Å². The summed E-state index contributed by atoms with van der Waals surface area (Å²) in [5.74, 6) is -0.359. The van der Waals surface area contributed by atoms with Gasteiger partial charge in [-0.15, -0.1) is 0 Å². The molecular formula is C11H13FN2O2. The van der Waals surface area contributed by atoms with Crippen LogP contribution in [0.25, 0.3) is 0 Å². The lowest BCUT2D eigenvalue weighted by Gasteiger charge is -2.12. The number of cyclic esters (lactones) is 1. The molecule has 0 radical (unpaired) electrons. The Kier molecular flexibility index (Phi) is 3.05. The van der Waals surface area contributed by atoms with Crippen LogP contribution >= 0.6 is 0 Å². The second kappa shape index (κ2) is 4.49. The van der Waals surface area contributed by atoms with Crippen molar-refractivity contribution in [2.75, 3.05) is 25.0 Å². The lowest BCUT2D eigenvalue weighted by atomic mass is 10.2. The molecule has 0 saturated carbocycles. The molecule has 0 aliphatic carbocycles. The summed E-state index contributed by atoms with van der Waals surface area (Å²) in [6.45, 7) is 1.04. The van der Waals surface area contributed by atoms with Gasteiger partial charge in [-0.1, -0.05) is 6.07 Å². The first kappa shape index (κ1) is 10.9. The minimum Gasteiger partial charge on any atom is -0.443 e. The molecule has 1 saturated heterocycles. The molecule has 0 spiro atoms. The van der Waals surface area contributed by atoms with Gasteiger partial charge in [-0.25, -0.2) is 9.18 Å². The summed E-state index contributed by atoms with van der Waals surface area (Å²) in [6.07, 6.45) is -0.605. The Balaban J connectivity index is 2.13. The highest BCUT2D eigenvalue weighted by Crippen LogP contribution is 2.21. The van der Waals surface area contributed by atoms with Crippen LogP contribution in [0.15, 0.2) is 24.3 Å². The van der Waals surface area contributed by atoms with E-state index in [0.717, 1.165) is 0 Å². The van der Waals surface area contributed by atoms with Crippen LogP contribution in [0.5, 0.6) is 0 Å². The number of benzene rings is 1. The molecule has 5 heteroatoms. The van der Waals surface area contributed by atoms with Gasteiger partial charge < -0.3 is 10.1 Å². The minimum atomic E-state index is -0.425. The van der Waals surface area contributed by atoms with Crippen LogP contribution in [0.2, 0.25) is 0 Å². The summed E-state index contributed by atoms with van der Waals surface area (Å²) in [4.78, 5) is 13.0. The second-order valence-electron chi connectivity index (χ2n) is 3.65. The van der Waals surface area contributed by atoms with Crippen LogP contribution in [0.4, 0.5) is 14.9 Å². The van der Waals surface area contributed by atoms with Crippen molar-refractivity contribution in [2.24, 2.45) is 0 Å². The molecule has 1 N–H and O–H groups in total. The molecule has 4 nitrogen and oxygen atoms in total. The fraction of sp³-hybridized carbons (Fsp3) is 0.364. The Labute approximate surface area is 93.0 Å². The number of rotatable bonds is 3. The first-order valence-corrected chi connectivity index (χ1v) is 5.09.